The number of likely N-dealkylation sites (tertiary alicyclic amines) is 1. The van der Waals surface area contributed by atoms with Gasteiger partial charge in [-0.1, -0.05) is 12.8 Å². The molecular weight excluding hydrogens is 246 g/mol. The molecule has 4 atom stereocenters. The van der Waals surface area contributed by atoms with Crippen molar-refractivity contribution in [2.75, 3.05) is 13.2 Å². The summed E-state index contributed by atoms with van der Waals surface area (Å²) in [5.74, 6) is -0.402. The maximum Gasteiger partial charge on any atom is 0.235 e. The SMILES string of the molecule is O=C1[C@@H]2[C@H](C(=O)N1CCCCCCO)[C@@H]1CC[C@H]2O1. The smallest absolute Gasteiger partial charge is 0.235 e. The summed E-state index contributed by atoms with van der Waals surface area (Å²) in [6.07, 6.45) is 5.38. The molecule has 0 aromatic carbocycles. The second-order valence-corrected chi connectivity index (χ2v) is 5.81. The van der Waals surface area contributed by atoms with E-state index >= 15 is 0 Å². The van der Waals surface area contributed by atoms with Crippen LogP contribution in [0.1, 0.15) is 38.5 Å². The molecular formula is C14H21NO4. The Bertz CT molecular complexity index is 356. The monoisotopic (exact) mass is 267 g/mol. The van der Waals surface area contributed by atoms with Gasteiger partial charge in [-0.2, -0.15) is 0 Å². The number of imide groups is 1. The highest BCUT2D eigenvalue weighted by molar-refractivity contribution is 6.06. The third-order valence-corrected chi connectivity index (χ3v) is 4.67. The van der Waals surface area contributed by atoms with Crippen LogP contribution in [0.25, 0.3) is 0 Å². The highest BCUT2D eigenvalue weighted by Gasteiger charge is 2.62. The van der Waals surface area contributed by atoms with Gasteiger partial charge < -0.3 is 9.84 Å². The van der Waals surface area contributed by atoms with E-state index in [9.17, 15) is 9.59 Å². The van der Waals surface area contributed by atoms with Gasteiger partial charge in [0.25, 0.3) is 0 Å². The molecule has 0 spiro atoms. The van der Waals surface area contributed by atoms with Gasteiger partial charge in [-0.3, -0.25) is 14.5 Å². The molecule has 0 aromatic heterocycles. The molecule has 3 aliphatic heterocycles. The standard InChI is InChI=1S/C14H21NO4/c16-8-4-2-1-3-7-15-13(17)11-9-5-6-10(19-9)12(11)14(15)18/h9-12,16H,1-8H2/t9-,10+,11+,12-. The fraction of sp³-hybridized carbons (Fsp3) is 0.857. The Morgan fingerprint density at radius 2 is 1.58 bits per heavy atom. The number of aliphatic hydroxyl groups is 1. The molecule has 106 valence electrons. The number of nitrogens with zero attached hydrogens (tertiary/aromatic N) is 1. The lowest BCUT2D eigenvalue weighted by molar-refractivity contribution is -0.142. The first kappa shape index (κ1) is 13.1. The molecule has 0 aromatic rings. The van der Waals surface area contributed by atoms with E-state index in [0.29, 0.717) is 6.54 Å². The van der Waals surface area contributed by atoms with Gasteiger partial charge >= 0.3 is 0 Å². The fourth-order valence-corrected chi connectivity index (χ4v) is 3.73. The van der Waals surface area contributed by atoms with Crippen LogP contribution >= 0.6 is 0 Å². The summed E-state index contributed by atoms with van der Waals surface area (Å²) in [7, 11) is 0. The number of rotatable bonds is 6. The minimum Gasteiger partial charge on any atom is -0.396 e. The zero-order valence-electron chi connectivity index (χ0n) is 11.1. The zero-order chi connectivity index (χ0) is 13.4. The number of unbranched alkanes of at least 4 members (excludes halogenated alkanes) is 3. The van der Waals surface area contributed by atoms with E-state index in [2.05, 4.69) is 0 Å². The molecule has 0 unspecified atom stereocenters. The van der Waals surface area contributed by atoms with Gasteiger partial charge in [0.05, 0.1) is 24.0 Å². The molecule has 0 radical (unpaired) electrons. The van der Waals surface area contributed by atoms with Gasteiger partial charge in [0.1, 0.15) is 0 Å². The molecule has 3 fully saturated rings. The minimum atomic E-state index is -0.191. The van der Waals surface area contributed by atoms with Crippen LogP contribution in [0.2, 0.25) is 0 Å². The fourth-order valence-electron chi connectivity index (χ4n) is 3.73. The molecule has 3 rings (SSSR count). The van der Waals surface area contributed by atoms with Crippen molar-refractivity contribution in [3.63, 3.8) is 0 Å². The third kappa shape index (κ3) is 2.09. The lowest BCUT2D eigenvalue weighted by atomic mass is 9.81. The molecule has 3 heterocycles. The van der Waals surface area contributed by atoms with E-state index in [1.807, 2.05) is 0 Å². The van der Waals surface area contributed by atoms with Gasteiger partial charge in [0, 0.05) is 13.2 Å². The first-order chi connectivity index (χ1) is 9.24. The van der Waals surface area contributed by atoms with E-state index in [1.54, 1.807) is 0 Å². The first-order valence-corrected chi connectivity index (χ1v) is 7.35. The number of hydrogen-bond acceptors (Lipinski definition) is 4. The average molecular weight is 267 g/mol. The summed E-state index contributed by atoms with van der Waals surface area (Å²) < 4.78 is 5.69. The Morgan fingerprint density at radius 1 is 1.00 bits per heavy atom. The van der Waals surface area contributed by atoms with Crippen molar-refractivity contribution in [1.29, 1.82) is 0 Å². The molecule has 3 saturated heterocycles. The maximum atomic E-state index is 12.3. The Hall–Kier alpha value is -0.940. The second-order valence-electron chi connectivity index (χ2n) is 5.81. The Balaban J connectivity index is 1.56. The van der Waals surface area contributed by atoms with Crippen molar-refractivity contribution in [1.82, 2.24) is 4.90 Å². The van der Waals surface area contributed by atoms with Crippen LogP contribution in [-0.4, -0.2) is 47.2 Å². The quantitative estimate of drug-likeness (QED) is 0.568. The highest BCUT2D eigenvalue weighted by atomic mass is 16.5. The van der Waals surface area contributed by atoms with Crippen LogP contribution in [0.3, 0.4) is 0 Å². The summed E-state index contributed by atoms with van der Waals surface area (Å²) in [6.45, 7) is 0.752. The summed E-state index contributed by atoms with van der Waals surface area (Å²) in [6, 6.07) is 0. The van der Waals surface area contributed by atoms with Crippen LogP contribution in [0.4, 0.5) is 0 Å². The molecule has 2 bridgehead atoms. The molecule has 19 heavy (non-hydrogen) atoms. The molecule has 0 saturated carbocycles. The number of carbonyl (C=O) groups is 2. The largest absolute Gasteiger partial charge is 0.396 e. The zero-order valence-corrected chi connectivity index (χ0v) is 11.1. The van der Waals surface area contributed by atoms with E-state index in [-0.39, 0.29) is 42.5 Å². The topological polar surface area (TPSA) is 66.8 Å². The van der Waals surface area contributed by atoms with E-state index in [0.717, 1.165) is 38.5 Å². The first-order valence-electron chi connectivity index (χ1n) is 7.35. The Labute approximate surface area is 112 Å². The summed E-state index contributed by atoms with van der Waals surface area (Å²) in [4.78, 5) is 26.0. The summed E-state index contributed by atoms with van der Waals surface area (Å²) in [5, 5.41) is 8.70. The van der Waals surface area contributed by atoms with E-state index < -0.39 is 0 Å². The van der Waals surface area contributed by atoms with Crippen molar-refractivity contribution in [2.24, 2.45) is 11.8 Å². The number of amides is 2. The van der Waals surface area contributed by atoms with Crippen molar-refractivity contribution in [3.8, 4) is 0 Å². The Morgan fingerprint density at radius 3 is 2.16 bits per heavy atom. The molecule has 2 amide bonds. The maximum absolute atomic E-state index is 12.3. The third-order valence-electron chi connectivity index (χ3n) is 4.67. The molecule has 5 nitrogen and oxygen atoms in total. The highest BCUT2D eigenvalue weighted by Crippen LogP contribution is 2.48. The minimum absolute atomic E-state index is 0.00848. The number of carbonyl (C=O) groups excluding carboxylic acids is 2. The van der Waals surface area contributed by atoms with Crippen molar-refractivity contribution < 1.29 is 19.4 Å². The van der Waals surface area contributed by atoms with E-state index in [4.69, 9.17) is 9.84 Å². The van der Waals surface area contributed by atoms with Gasteiger partial charge in [0.2, 0.25) is 11.8 Å². The van der Waals surface area contributed by atoms with Gasteiger partial charge in [-0.25, -0.2) is 0 Å². The van der Waals surface area contributed by atoms with Crippen molar-refractivity contribution in [2.45, 2.75) is 50.7 Å². The number of aliphatic hydroxyl groups excluding tert-OH is 1. The Kier molecular flexibility index (Phi) is 3.58. The van der Waals surface area contributed by atoms with Crippen molar-refractivity contribution >= 4 is 11.8 Å². The molecule has 5 heteroatoms. The number of hydrogen-bond donors (Lipinski definition) is 1. The molecule has 3 aliphatic rings. The predicted octanol–water partition coefficient (Wildman–Crippen LogP) is 0.701. The summed E-state index contributed by atoms with van der Waals surface area (Å²) >= 11 is 0. The normalized spacial score (nSPS) is 36.4. The van der Waals surface area contributed by atoms with Crippen molar-refractivity contribution in [3.05, 3.63) is 0 Å². The van der Waals surface area contributed by atoms with Crippen LogP contribution in [0, 0.1) is 11.8 Å². The lowest BCUT2D eigenvalue weighted by Crippen LogP contribution is -2.35. The van der Waals surface area contributed by atoms with Gasteiger partial charge in [-0.15, -0.1) is 0 Å². The van der Waals surface area contributed by atoms with E-state index in [1.165, 1.54) is 4.90 Å². The number of fused-ring (bicyclic) bond motifs is 5. The second kappa shape index (κ2) is 5.21. The molecule has 1 N–H and O–H groups in total. The number of ether oxygens (including phenoxy) is 1. The lowest BCUT2D eigenvalue weighted by Gasteiger charge is -2.17. The van der Waals surface area contributed by atoms with Crippen LogP contribution in [0.15, 0.2) is 0 Å². The van der Waals surface area contributed by atoms with Gasteiger partial charge in [-0.05, 0) is 25.7 Å². The van der Waals surface area contributed by atoms with Gasteiger partial charge in [0.15, 0.2) is 0 Å². The van der Waals surface area contributed by atoms with Crippen LogP contribution in [-0.2, 0) is 14.3 Å². The predicted molar refractivity (Wildman–Crippen MR) is 67.1 cm³/mol. The van der Waals surface area contributed by atoms with Crippen LogP contribution < -0.4 is 0 Å². The average Bonchev–Trinajstić information content (AvgIpc) is 3.06. The summed E-state index contributed by atoms with van der Waals surface area (Å²) in [5.41, 5.74) is 0. The van der Waals surface area contributed by atoms with Crippen LogP contribution in [0.5, 0.6) is 0 Å². The molecule has 0 aliphatic carbocycles.